The minimum atomic E-state index is 0.563. The van der Waals surface area contributed by atoms with E-state index in [2.05, 4.69) is 19.3 Å². The molecule has 2 heteroatoms. The van der Waals surface area contributed by atoms with Gasteiger partial charge in [-0.1, -0.05) is 33.1 Å². The van der Waals surface area contributed by atoms with Crippen molar-refractivity contribution in [3.63, 3.8) is 0 Å². The van der Waals surface area contributed by atoms with Crippen molar-refractivity contribution < 1.29 is 0 Å². The molecule has 13 heavy (non-hydrogen) atoms. The van der Waals surface area contributed by atoms with Gasteiger partial charge >= 0.3 is 0 Å². The number of rotatable bonds is 6. The molecule has 1 aliphatic rings. The van der Waals surface area contributed by atoms with Crippen LogP contribution in [0, 0.1) is 11.8 Å². The lowest BCUT2D eigenvalue weighted by Crippen LogP contribution is -2.37. The normalized spacial score (nSPS) is 20.3. The highest BCUT2D eigenvalue weighted by atomic mass is 15.2. The van der Waals surface area contributed by atoms with Crippen molar-refractivity contribution in [2.75, 3.05) is 0 Å². The first-order valence-corrected chi connectivity index (χ1v) is 5.68. The van der Waals surface area contributed by atoms with Gasteiger partial charge in [0.25, 0.3) is 0 Å². The van der Waals surface area contributed by atoms with E-state index >= 15 is 0 Å². The SMILES string of the molecule is CC(C)CCC(CC1CCC1)NN. The van der Waals surface area contributed by atoms with Gasteiger partial charge in [-0.2, -0.15) is 0 Å². The van der Waals surface area contributed by atoms with Crippen LogP contribution < -0.4 is 11.3 Å². The summed E-state index contributed by atoms with van der Waals surface area (Å²) < 4.78 is 0. The minimum absolute atomic E-state index is 0.563. The topological polar surface area (TPSA) is 38.0 Å². The predicted octanol–water partition coefficient (Wildman–Crippen LogP) is 2.44. The van der Waals surface area contributed by atoms with Gasteiger partial charge in [0.05, 0.1) is 0 Å². The number of nitrogens with one attached hydrogen (secondary N) is 1. The van der Waals surface area contributed by atoms with E-state index in [9.17, 15) is 0 Å². The van der Waals surface area contributed by atoms with Crippen LogP contribution in [0.2, 0.25) is 0 Å². The molecule has 1 atom stereocenters. The number of hydrogen-bond acceptors (Lipinski definition) is 2. The molecule has 0 bridgehead atoms. The van der Waals surface area contributed by atoms with Crippen molar-refractivity contribution in [2.24, 2.45) is 17.7 Å². The van der Waals surface area contributed by atoms with E-state index in [1.54, 1.807) is 0 Å². The lowest BCUT2D eigenvalue weighted by Gasteiger charge is -2.29. The van der Waals surface area contributed by atoms with Gasteiger partial charge in [0.1, 0.15) is 0 Å². The van der Waals surface area contributed by atoms with Crippen LogP contribution in [0.15, 0.2) is 0 Å². The quantitative estimate of drug-likeness (QED) is 0.491. The number of hydrogen-bond donors (Lipinski definition) is 2. The standard InChI is InChI=1S/C11H24N2/c1-9(2)6-7-11(13-12)8-10-4-3-5-10/h9-11,13H,3-8,12H2,1-2H3. The average molecular weight is 184 g/mol. The average Bonchev–Trinajstić information content (AvgIpc) is 2.01. The first-order valence-electron chi connectivity index (χ1n) is 5.68. The van der Waals surface area contributed by atoms with Crippen LogP contribution in [0.1, 0.15) is 52.4 Å². The highest BCUT2D eigenvalue weighted by molar-refractivity contribution is 4.76. The molecule has 3 N–H and O–H groups in total. The summed E-state index contributed by atoms with van der Waals surface area (Å²) in [6.45, 7) is 4.55. The summed E-state index contributed by atoms with van der Waals surface area (Å²) in [5.41, 5.74) is 2.96. The summed E-state index contributed by atoms with van der Waals surface area (Å²) in [7, 11) is 0. The summed E-state index contributed by atoms with van der Waals surface area (Å²) in [5.74, 6) is 7.31. The lowest BCUT2D eigenvalue weighted by molar-refractivity contribution is 0.250. The van der Waals surface area contributed by atoms with Crippen LogP contribution in [0.5, 0.6) is 0 Å². The van der Waals surface area contributed by atoms with E-state index in [4.69, 9.17) is 5.84 Å². The van der Waals surface area contributed by atoms with Gasteiger partial charge in [-0.05, 0) is 31.1 Å². The van der Waals surface area contributed by atoms with Crippen LogP contribution in [-0.2, 0) is 0 Å². The Morgan fingerprint density at radius 2 is 2.00 bits per heavy atom. The maximum atomic E-state index is 5.54. The van der Waals surface area contributed by atoms with E-state index in [0.717, 1.165) is 11.8 Å². The van der Waals surface area contributed by atoms with Crippen molar-refractivity contribution in [3.8, 4) is 0 Å². The summed E-state index contributed by atoms with van der Waals surface area (Å²) in [5, 5.41) is 0. The molecular weight excluding hydrogens is 160 g/mol. The molecule has 0 aliphatic heterocycles. The molecule has 0 aromatic carbocycles. The summed E-state index contributed by atoms with van der Waals surface area (Å²) in [6.07, 6.45) is 8.13. The lowest BCUT2D eigenvalue weighted by atomic mass is 9.80. The Morgan fingerprint density at radius 3 is 2.38 bits per heavy atom. The Hall–Kier alpha value is -0.0800. The third-order valence-electron chi connectivity index (χ3n) is 3.17. The number of hydrazine groups is 1. The first kappa shape index (κ1) is 11.0. The predicted molar refractivity (Wildman–Crippen MR) is 57.1 cm³/mol. The Kier molecular flexibility index (Phi) is 4.74. The Morgan fingerprint density at radius 1 is 1.31 bits per heavy atom. The zero-order valence-corrected chi connectivity index (χ0v) is 9.05. The van der Waals surface area contributed by atoms with E-state index < -0.39 is 0 Å². The van der Waals surface area contributed by atoms with Gasteiger partial charge in [0, 0.05) is 6.04 Å². The van der Waals surface area contributed by atoms with Crippen LogP contribution in [0.4, 0.5) is 0 Å². The molecule has 1 saturated carbocycles. The van der Waals surface area contributed by atoms with Crippen molar-refractivity contribution in [3.05, 3.63) is 0 Å². The molecule has 1 unspecified atom stereocenters. The molecule has 78 valence electrons. The van der Waals surface area contributed by atoms with E-state index in [0.29, 0.717) is 6.04 Å². The van der Waals surface area contributed by atoms with Crippen LogP contribution in [0.25, 0.3) is 0 Å². The molecule has 0 saturated heterocycles. The van der Waals surface area contributed by atoms with Gasteiger partial charge < -0.3 is 0 Å². The van der Waals surface area contributed by atoms with Gasteiger partial charge in [-0.15, -0.1) is 0 Å². The molecule has 1 fully saturated rings. The van der Waals surface area contributed by atoms with Gasteiger partial charge in [-0.3, -0.25) is 11.3 Å². The molecule has 0 aromatic rings. The third kappa shape index (κ3) is 4.10. The third-order valence-corrected chi connectivity index (χ3v) is 3.17. The van der Waals surface area contributed by atoms with Gasteiger partial charge in [0.2, 0.25) is 0 Å². The second-order valence-electron chi connectivity index (χ2n) is 4.87. The first-order chi connectivity index (χ1) is 6.22. The second-order valence-corrected chi connectivity index (χ2v) is 4.87. The van der Waals surface area contributed by atoms with E-state index in [1.807, 2.05) is 0 Å². The highest BCUT2D eigenvalue weighted by Gasteiger charge is 2.21. The Balaban J connectivity index is 2.09. The van der Waals surface area contributed by atoms with Gasteiger partial charge in [-0.25, -0.2) is 0 Å². The Labute approximate surface area is 82.2 Å². The number of nitrogens with two attached hydrogens (primary N) is 1. The van der Waals surface area contributed by atoms with E-state index in [-0.39, 0.29) is 0 Å². The molecular formula is C11H24N2. The minimum Gasteiger partial charge on any atom is -0.271 e. The highest BCUT2D eigenvalue weighted by Crippen LogP contribution is 2.31. The van der Waals surface area contributed by atoms with Crippen molar-refractivity contribution in [1.29, 1.82) is 0 Å². The molecule has 2 nitrogen and oxygen atoms in total. The van der Waals surface area contributed by atoms with Crippen molar-refractivity contribution >= 4 is 0 Å². The second kappa shape index (κ2) is 5.61. The summed E-state index contributed by atoms with van der Waals surface area (Å²) in [6, 6.07) is 0.563. The fraction of sp³-hybridized carbons (Fsp3) is 1.00. The Bertz CT molecular complexity index is 130. The zero-order valence-electron chi connectivity index (χ0n) is 9.05. The summed E-state index contributed by atoms with van der Waals surface area (Å²) >= 11 is 0. The molecule has 0 amide bonds. The maximum absolute atomic E-state index is 5.54. The fourth-order valence-electron chi connectivity index (χ4n) is 1.93. The molecule has 0 radical (unpaired) electrons. The zero-order chi connectivity index (χ0) is 9.68. The fourth-order valence-corrected chi connectivity index (χ4v) is 1.93. The smallest absolute Gasteiger partial charge is 0.0213 e. The molecule has 1 aliphatic carbocycles. The monoisotopic (exact) mass is 184 g/mol. The van der Waals surface area contributed by atoms with Crippen LogP contribution in [0.3, 0.4) is 0 Å². The molecule has 1 rings (SSSR count). The molecule has 0 spiro atoms. The summed E-state index contributed by atoms with van der Waals surface area (Å²) in [4.78, 5) is 0. The van der Waals surface area contributed by atoms with Crippen molar-refractivity contribution in [1.82, 2.24) is 5.43 Å². The van der Waals surface area contributed by atoms with Crippen LogP contribution in [-0.4, -0.2) is 6.04 Å². The largest absolute Gasteiger partial charge is 0.271 e. The van der Waals surface area contributed by atoms with Crippen LogP contribution >= 0.6 is 0 Å². The van der Waals surface area contributed by atoms with Crippen molar-refractivity contribution in [2.45, 2.75) is 58.4 Å². The molecule has 0 aromatic heterocycles. The molecule has 0 heterocycles. The maximum Gasteiger partial charge on any atom is 0.0213 e. The van der Waals surface area contributed by atoms with Gasteiger partial charge in [0.15, 0.2) is 0 Å². The van der Waals surface area contributed by atoms with E-state index in [1.165, 1.54) is 38.5 Å².